The number of rotatable bonds is 8. The van der Waals surface area contributed by atoms with Crippen LogP contribution in [0.2, 0.25) is 0 Å². The summed E-state index contributed by atoms with van der Waals surface area (Å²) < 4.78 is 29.2. The summed E-state index contributed by atoms with van der Waals surface area (Å²) in [6.07, 6.45) is 14.0. The topological polar surface area (TPSA) is 59.0 Å². The predicted octanol–water partition coefficient (Wildman–Crippen LogP) is 19.4. The smallest absolute Gasteiger partial charge is 0.159 e. The van der Waals surface area contributed by atoms with Gasteiger partial charge >= 0.3 is 0 Å². The Balaban J connectivity index is 1.03. The summed E-state index contributed by atoms with van der Waals surface area (Å²) in [7, 11) is 0. The SMILES string of the molecule is C1=CCCC(N(c2cccc3c2oc2ccccc23)c2cc3c(c4oc5ccccc5c24)C2c4c(oc5ccccc45)C(N(c4ccccc4)C4CCCc5c4oc4ccccc54)=CC2C3(c2ccccc2)c2ccccc2)=C1. The van der Waals surface area contributed by atoms with Crippen LogP contribution in [0.5, 0.6) is 0 Å². The number of allylic oxidation sites excluding steroid dienone is 5. The van der Waals surface area contributed by atoms with Crippen LogP contribution in [-0.4, -0.2) is 0 Å². The van der Waals surface area contributed by atoms with E-state index in [2.05, 4.69) is 246 Å². The fraction of sp³-hybridized carbons (Fsp3) is 0.123. The van der Waals surface area contributed by atoms with E-state index in [-0.39, 0.29) is 17.9 Å². The van der Waals surface area contributed by atoms with Gasteiger partial charge in [-0.25, -0.2) is 0 Å². The molecule has 0 aliphatic heterocycles. The van der Waals surface area contributed by atoms with Gasteiger partial charge < -0.3 is 27.5 Å². The van der Waals surface area contributed by atoms with Crippen LogP contribution in [0.1, 0.15) is 82.5 Å². The van der Waals surface area contributed by atoms with E-state index < -0.39 is 5.41 Å². The van der Waals surface area contributed by atoms with Crippen molar-refractivity contribution in [3.8, 4) is 0 Å². The number of hydrogen-bond acceptors (Lipinski definition) is 6. The zero-order chi connectivity index (χ0) is 51.8. The first kappa shape index (κ1) is 44.6. The van der Waals surface area contributed by atoms with Gasteiger partial charge in [-0.05, 0) is 103 Å². The molecule has 0 spiro atoms. The Kier molecular flexibility index (Phi) is 9.73. The molecule has 3 unspecified atom stereocenters. The maximum absolute atomic E-state index is 7.61. The Morgan fingerprint density at radius 3 is 1.82 bits per heavy atom. The standard InChI is InChI=1S/C73H52N2O4/c1-5-23-45(24-6-1)73(46-25-7-2-8-26-46)55-44-60(75(48-29-11-4-12-30-48)58-38-22-36-52-50-32-14-18-40-62(50)77-70(52)58)71-66(54-34-16-20-42-64(54)78-71)67(55)68-56(73)43-59(65-53-33-15-19-41-63(53)79-72(65)68)74(47-27-9-3-10-28-47)57-37-21-35-51-49-31-13-17-39-61(49)76-69(51)57/h1-9,11-21,23-27,29-35,37,39-44,55,58,67H,10,22,28,36,38H2. The van der Waals surface area contributed by atoms with Gasteiger partial charge in [-0.1, -0.05) is 182 Å². The predicted molar refractivity (Wildman–Crippen MR) is 319 cm³/mol. The minimum absolute atomic E-state index is 0.116. The number of nitrogens with zero attached hydrogens (tertiary/aromatic N) is 2. The molecule has 4 heterocycles. The molecule has 378 valence electrons. The molecule has 3 atom stereocenters. The van der Waals surface area contributed by atoms with Gasteiger partial charge in [-0.3, -0.25) is 0 Å². The molecule has 0 saturated carbocycles. The second-order valence-corrected chi connectivity index (χ2v) is 21.9. The van der Waals surface area contributed by atoms with E-state index in [0.29, 0.717) is 0 Å². The van der Waals surface area contributed by atoms with Crippen LogP contribution >= 0.6 is 0 Å². The Morgan fingerprint density at radius 1 is 0.494 bits per heavy atom. The van der Waals surface area contributed by atoms with Crippen LogP contribution in [0.15, 0.2) is 260 Å². The van der Waals surface area contributed by atoms with Gasteiger partial charge in [0.15, 0.2) is 11.3 Å². The number of para-hydroxylation sites is 6. The van der Waals surface area contributed by atoms with Crippen LogP contribution in [0.4, 0.5) is 17.1 Å². The van der Waals surface area contributed by atoms with Gasteiger partial charge in [0.25, 0.3) is 0 Å². The molecule has 0 amide bonds. The van der Waals surface area contributed by atoms with Crippen LogP contribution in [0.25, 0.3) is 71.5 Å². The third-order valence-corrected chi connectivity index (χ3v) is 17.9. The Hall–Kier alpha value is -9.52. The van der Waals surface area contributed by atoms with Gasteiger partial charge in [0, 0.05) is 66.8 Å². The monoisotopic (exact) mass is 1020 g/mol. The third kappa shape index (κ3) is 6.34. The molecular formula is C73H52N2O4. The Morgan fingerprint density at radius 2 is 1.10 bits per heavy atom. The van der Waals surface area contributed by atoms with Crippen molar-refractivity contribution in [2.75, 3.05) is 9.80 Å². The highest BCUT2D eigenvalue weighted by molar-refractivity contribution is 6.17. The first-order valence-electron chi connectivity index (χ1n) is 28.0. The van der Waals surface area contributed by atoms with Gasteiger partial charge in [0.1, 0.15) is 33.7 Å². The van der Waals surface area contributed by atoms with E-state index in [1.165, 1.54) is 44.5 Å². The summed E-state index contributed by atoms with van der Waals surface area (Å²) in [6, 6.07) is 76.9. The molecule has 0 radical (unpaired) electrons. The highest BCUT2D eigenvalue weighted by Gasteiger charge is 2.59. The third-order valence-electron chi connectivity index (χ3n) is 17.9. The van der Waals surface area contributed by atoms with Crippen molar-refractivity contribution in [3.63, 3.8) is 0 Å². The second kappa shape index (κ2) is 17.2. The zero-order valence-electron chi connectivity index (χ0n) is 43.3. The molecule has 4 aromatic heterocycles. The molecule has 0 bridgehead atoms. The zero-order valence-corrected chi connectivity index (χ0v) is 43.3. The lowest BCUT2D eigenvalue weighted by atomic mass is 9.61. The molecule has 6 nitrogen and oxygen atoms in total. The maximum Gasteiger partial charge on any atom is 0.159 e. The number of anilines is 3. The molecule has 4 aliphatic carbocycles. The summed E-state index contributed by atoms with van der Waals surface area (Å²) in [5, 5.41) is 6.63. The van der Waals surface area contributed by atoms with Crippen LogP contribution in [0.3, 0.4) is 0 Å². The van der Waals surface area contributed by atoms with Crippen molar-refractivity contribution < 1.29 is 17.7 Å². The summed E-state index contributed by atoms with van der Waals surface area (Å²) in [4.78, 5) is 5.08. The lowest BCUT2D eigenvalue weighted by Crippen LogP contribution is -2.38. The van der Waals surface area contributed by atoms with Crippen molar-refractivity contribution >= 4 is 88.6 Å². The molecule has 17 rings (SSSR count). The number of benzene rings is 9. The lowest BCUT2D eigenvalue weighted by molar-refractivity contribution is 0.423. The fourth-order valence-corrected chi connectivity index (χ4v) is 14.8. The van der Waals surface area contributed by atoms with E-state index in [1.54, 1.807) is 0 Å². The van der Waals surface area contributed by atoms with Crippen LogP contribution in [0, 0.1) is 5.92 Å². The minimum atomic E-state index is -0.775. The molecule has 0 fully saturated rings. The second-order valence-electron chi connectivity index (χ2n) is 21.9. The minimum Gasteiger partial charge on any atom is -0.459 e. The molecule has 4 aliphatic rings. The summed E-state index contributed by atoms with van der Waals surface area (Å²) in [5.74, 6) is 1.49. The fourth-order valence-electron chi connectivity index (χ4n) is 14.8. The van der Waals surface area contributed by atoms with Crippen LogP contribution in [-0.2, 0) is 11.8 Å². The van der Waals surface area contributed by atoms with Crippen LogP contribution < -0.4 is 9.80 Å². The average molecular weight is 1020 g/mol. The Labute approximate surface area is 456 Å². The number of fused-ring (bicyclic) bond motifs is 17. The van der Waals surface area contributed by atoms with E-state index in [0.717, 1.165) is 127 Å². The Bertz CT molecular complexity index is 4640. The van der Waals surface area contributed by atoms with Crippen molar-refractivity contribution in [3.05, 3.63) is 287 Å². The molecule has 0 saturated heterocycles. The molecule has 79 heavy (non-hydrogen) atoms. The van der Waals surface area contributed by atoms with E-state index >= 15 is 0 Å². The largest absolute Gasteiger partial charge is 0.459 e. The number of hydrogen-bond donors (Lipinski definition) is 0. The molecule has 6 heteroatoms. The maximum atomic E-state index is 7.61. The lowest BCUT2D eigenvalue weighted by Gasteiger charge is -2.43. The molecule has 13 aromatic rings. The quantitative estimate of drug-likeness (QED) is 0.151. The molecule has 0 N–H and O–H groups in total. The van der Waals surface area contributed by atoms with E-state index in [1.807, 2.05) is 0 Å². The summed E-state index contributed by atoms with van der Waals surface area (Å²) in [6.45, 7) is 0. The van der Waals surface area contributed by atoms with Crippen molar-refractivity contribution in [2.24, 2.45) is 5.92 Å². The first-order valence-corrected chi connectivity index (χ1v) is 28.0. The normalized spacial score (nSPS) is 18.2. The highest BCUT2D eigenvalue weighted by Crippen LogP contribution is 2.67. The van der Waals surface area contributed by atoms with Gasteiger partial charge in [-0.15, -0.1) is 0 Å². The van der Waals surface area contributed by atoms with Gasteiger partial charge in [0.2, 0.25) is 0 Å². The molecular weight excluding hydrogens is 969 g/mol. The van der Waals surface area contributed by atoms with Crippen molar-refractivity contribution in [1.29, 1.82) is 0 Å². The highest BCUT2D eigenvalue weighted by atomic mass is 16.3. The van der Waals surface area contributed by atoms with Gasteiger partial charge in [-0.2, -0.15) is 0 Å². The first-order chi connectivity index (χ1) is 39.2. The van der Waals surface area contributed by atoms with Gasteiger partial charge in [0.05, 0.1) is 33.9 Å². The number of furan rings is 4. The summed E-state index contributed by atoms with van der Waals surface area (Å²) in [5.41, 5.74) is 17.1. The molecule has 9 aromatic carbocycles. The van der Waals surface area contributed by atoms with Crippen molar-refractivity contribution in [1.82, 2.24) is 0 Å². The van der Waals surface area contributed by atoms with Crippen molar-refractivity contribution in [2.45, 2.75) is 49.5 Å². The average Bonchev–Trinajstić information content (AvgIpc) is 2.62. The summed E-state index contributed by atoms with van der Waals surface area (Å²) >= 11 is 0. The number of aryl methyl sites for hydroxylation is 1. The van der Waals surface area contributed by atoms with E-state index in [4.69, 9.17) is 17.7 Å². The van der Waals surface area contributed by atoms with E-state index in [9.17, 15) is 0 Å².